The van der Waals surface area contributed by atoms with Crippen LogP contribution >= 0.6 is 0 Å². The predicted molar refractivity (Wildman–Crippen MR) is 46.2 cm³/mol. The van der Waals surface area contributed by atoms with Crippen LogP contribution in [0.2, 0.25) is 0 Å². The molecule has 6 heteroatoms. The van der Waals surface area contributed by atoms with E-state index in [1.165, 1.54) is 13.8 Å². The minimum Gasteiger partial charge on any atom is -0.388 e. The Morgan fingerprint density at radius 3 is 2.36 bits per heavy atom. The zero-order valence-corrected chi connectivity index (χ0v) is 8.04. The van der Waals surface area contributed by atoms with Crippen LogP contribution in [0.3, 0.4) is 0 Å². The topological polar surface area (TPSA) is 99.0 Å². The van der Waals surface area contributed by atoms with Gasteiger partial charge < -0.3 is 25.4 Å². The fraction of sp³-hybridized carbons (Fsp3) is 0.875. The maximum Gasteiger partial charge on any atom is 0.217 e. The number of carbonyl (C=O) groups is 1. The molecule has 0 spiro atoms. The van der Waals surface area contributed by atoms with E-state index in [0.717, 1.165) is 0 Å². The molecule has 6 nitrogen and oxygen atoms in total. The van der Waals surface area contributed by atoms with Crippen LogP contribution in [0.1, 0.15) is 13.8 Å². The van der Waals surface area contributed by atoms with Gasteiger partial charge in [0, 0.05) is 6.92 Å². The van der Waals surface area contributed by atoms with Crippen molar-refractivity contribution in [2.24, 2.45) is 0 Å². The molecule has 0 bridgehead atoms. The highest BCUT2D eigenvalue weighted by Gasteiger charge is 2.42. The number of aliphatic hydroxyl groups excluding tert-OH is 3. The van der Waals surface area contributed by atoms with Gasteiger partial charge in [-0.05, 0) is 6.92 Å². The summed E-state index contributed by atoms with van der Waals surface area (Å²) in [6.07, 6.45) is -4.30. The average Bonchev–Trinajstić information content (AvgIpc) is 2.09. The number of hydrogen-bond acceptors (Lipinski definition) is 5. The molecule has 0 radical (unpaired) electrons. The zero-order valence-electron chi connectivity index (χ0n) is 8.04. The largest absolute Gasteiger partial charge is 0.388 e. The lowest BCUT2D eigenvalue weighted by molar-refractivity contribution is -0.242. The van der Waals surface area contributed by atoms with Gasteiger partial charge in [-0.3, -0.25) is 4.79 Å². The third-order valence-electron chi connectivity index (χ3n) is 2.23. The Morgan fingerprint density at radius 1 is 1.29 bits per heavy atom. The molecule has 3 unspecified atom stereocenters. The summed E-state index contributed by atoms with van der Waals surface area (Å²) in [6, 6.07) is -0.987. The average molecular weight is 205 g/mol. The number of hydrogen-bond donors (Lipinski definition) is 4. The van der Waals surface area contributed by atoms with E-state index in [1.54, 1.807) is 0 Å². The van der Waals surface area contributed by atoms with Crippen LogP contribution in [-0.2, 0) is 9.53 Å². The molecule has 0 aromatic heterocycles. The van der Waals surface area contributed by atoms with E-state index in [0.29, 0.717) is 0 Å². The van der Waals surface area contributed by atoms with E-state index in [-0.39, 0.29) is 0 Å². The van der Waals surface area contributed by atoms with Crippen LogP contribution in [-0.4, -0.2) is 51.9 Å². The lowest BCUT2D eigenvalue weighted by Crippen LogP contribution is -2.62. The van der Waals surface area contributed by atoms with Crippen LogP contribution < -0.4 is 5.32 Å². The second-order valence-electron chi connectivity index (χ2n) is 3.44. The molecule has 1 saturated heterocycles. The van der Waals surface area contributed by atoms with Crippen molar-refractivity contribution in [1.82, 2.24) is 5.32 Å². The second-order valence-corrected chi connectivity index (χ2v) is 3.44. The Labute approximate surface area is 81.5 Å². The molecule has 14 heavy (non-hydrogen) atoms. The maximum atomic E-state index is 10.7. The Morgan fingerprint density at radius 2 is 1.86 bits per heavy atom. The fourth-order valence-corrected chi connectivity index (χ4v) is 1.44. The molecule has 4 N–H and O–H groups in total. The van der Waals surface area contributed by atoms with Gasteiger partial charge in [0.05, 0.1) is 6.10 Å². The van der Waals surface area contributed by atoms with Crippen molar-refractivity contribution >= 4 is 5.91 Å². The minimum absolute atomic E-state index is 0.404. The van der Waals surface area contributed by atoms with Crippen molar-refractivity contribution in [2.75, 3.05) is 0 Å². The SMILES string of the molecule is CC(=O)N[C@@H]1C(O)OC(C)[C@@H](O)C1O. The van der Waals surface area contributed by atoms with E-state index < -0.39 is 36.6 Å². The summed E-state index contributed by atoms with van der Waals surface area (Å²) >= 11 is 0. The quantitative estimate of drug-likeness (QED) is 0.395. The number of aliphatic hydroxyl groups is 3. The molecule has 0 aromatic rings. The van der Waals surface area contributed by atoms with Gasteiger partial charge in [-0.1, -0.05) is 0 Å². The number of amides is 1. The Kier molecular flexibility index (Phi) is 3.43. The first kappa shape index (κ1) is 11.4. The van der Waals surface area contributed by atoms with E-state index in [4.69, 9.17) is 4.74 Å². The molecule has 0 aromatic carbocycles. The van der Waals surface area contributed by atoms with Crippen LogP contribution in [0.4, 0.5) is 0 Å². The molecule has 5 atom stereocenters. The van der Waals surface area contributed by atoms with Gasteiger partial charge in [-0.25, -0.2) is 0 Å². The summed E-state index contributed by atoms with van der Waals surface area (Å²) in [5, 5.41) is 30.6. The van der Waals surface area contributed by atoms with Crippen molar-refractivity contribution in [3.63, 3.8) is 0 Å². The predicted octanol–water partition coefficient (Wildman–Crippen LogP) is -2.05. The first-order valence-electron chi connectivity index (χ1n) is 4.40. The first-order valence-corrected chi connectivity index (χ1v) is 4.40. The summed E-state index contributed by atoms with van der Waals surface area (Å²) in [5.74, 6) is -0.404. The molecule has 0 aliphatic carbocycles. The number of nitrogens with one attached hydrogen (secondary N) is 1. The Bertz CT molecular complexity index is 222. The summed E-state index contributed by atoms with van der Waals surface area (Å²) in [7, 11) is 0. The number of ether oxygens (including phenoxy) is 1. The van der Waals surface area contributed by atoms with Gasteiger partial charge in [0.1, 0.15) is 18.2 Å². The van der Waals surface area contributed by atoms with E-state index in [1.807, 2.05) is 0 Å². The van der Waals surface area contributed by atoms with Gasteiger partial charge in [-0.15, -0.1) is 0 Å². The van der Waals surface area contributed by atoms with E-state index in [9.17, 15) is 20.1 Å². The molecule has 1 aliphatic heterocycles. The standard InChI is InChI=1S/C8H15NO5/c1-3-6(11)7(12)5(8(13)14-3)9-4(2)10/h3,5-8,11-13H,1-2H3,(H,9,10)/t3?,5-,6+,7?,8?/m0/s1. The molecule has 1 aliphatic rings. The summed E-state index contributed by atoms with van der Waals surface area (Å²) < 4.78 is 4.91. The highest BCUT2D eigenvalue weighted by Crippen LogP contribution is 2.19. The summed E-state index contributed by atoms with van der Waals surface area (Å²) in [6.45, 7) is 2.78. The van der Waals surface area contributed by atoms with Gasteiger partial charge in [-0.2, -0.15) is 0 Å². The Balaban J connectivity index is 2.68. The van der Waals surface area contributed by atoms with E-state index in [2.05, 4.69) is 5.32 Å². The first-order chi connectivity index (χ1) is 6.43. The van der Waals surface area contributed by atoms with Crippen LogP contribution in [0.15, 0.2) is 0 Å². The van der Waals surface area contributed by atoms with Crippen LogP contribution in [0.25, 0.3) is 0 Å². The lowest BCUT2D eigenvalue weighted by Gasteiger charge is -2.39. The van der Waals surface area contributed by atoms with Crippen molar-refractivity contribution in [1.29, 1.82) is 0 Å². The van der Waals surface area contributed by atoms with Crippen molar-refractivity contribution in [3.05, 3.63) is 0 Å². The highest BCUT2D eigenvalue weighted by atomic mass is 16.6. The van der Waals surface area contributed by atoms with Gasteiger partial charge >= 0.3 is 0 Å². The highest BCUT2D eigenvalue weighted by molar-refractivity contribution is 5.73. The van der Waals surface area contributed by atoms with Crippen LogP contribution in [0, 0.1) is 0 Å². The normalized spacial score (nSPS) is 43.4. The number of carbonyl (C=O) groups excluding carboxylic acids is 1. The fourth-order valence-electron chi connectivity index (χ4n) is 1.44. The zero-order chi connectivity index (χ0) is 10.9. The minimum atomic E-state index is -1.30. The van der Waals surface area contributed by atoms with Gasteiger partial charge in [0.2, 0.25) is 5.91 Å². The molecule has 1 heterocycles. The van der Waals surface area contributed by atoms with Crippen molar-refractivity contribution < 1.29 is 24.9 Å². The van der Waals surface area contributed by atoms with Crippen LogP contribution in [0.5, 0.6) is 0 Å². The maximum absolute atomic E-state index is 10.7. The molecule has 0 saturated carbocycles. The molecule has 1 rings (SSSR count). The third-order valence-corrected chi connectivity index (χ3v) is 2.23. The molecule has 82 valence electrons. The van der Waals surface area contributed by atoms with Gasteiger partial charge in [0.15, 0.2) is 6.29 Å². The second kappa shape index (κ2) is 4.22. The van der Waals surface area contributed by atoms with E-state index >= 15 is 0 Å². The summed E-state index contributed by atoms with van der Waals surface area (Å²) in [5.41, 5.74) is 0. The third kappa shape index (κ3) is 2.21. The molecule has 1 amide bonds. The smallest absolute Gasteiger partial charge is 0.217 e. The van der Waals surface area contributed by atoms with Crippen molar-refractivity contribution in [2.45, 2.75) is 44.5 Å². The summed E-state index contributed by atoms with van der Waals surface area (Å²) in [4.78, 5) is 10.7. The molecule has 1 fully saturated rings. The number of rotatable bonds is 1. The van der Waals surface area contributed by atoms with Crippen molar-refractivity contribution in [3.8, 4) is 0 Å². The van der Waals surface area contributed by atoms with Gasteiger partial charge in [0.25, 0.3) is 0 Å². The lowest BCUT2D eigenvalue weighted by atomic mass is 9.98. The molecular formula is C8H15NO5. The monoisotopic (exact) mass is 205 g/mol. The molecular weight excluding hydrogens is 190 g/mol. The Hall–Kier alpha value is -0.690.